The molecule has 2 heterocycles. The SMILES string of the molecule is Cc1c(ONS(=O)(=O)c2ccccc2)ccc(C(F)(F)F)c1-c1nc2cnccn2n1. The predicted molar refractivity (Wildman–Crippen MR) is 103 cm³/mol. The third-order valence-electron chi connectivity index (χ3n) is 4.40. The minimum Gasteiger partial charge on any atom is -0.393 e. The second-order valence-corrected chi connectivity index (χ2v) is 8.07. The third kappa shape index (κ3) is 4.07. The van der Waals surface area contributed by atoms with Crippen molar-refractivity contribution in [3.05, 3.63) is 72.2 Å². The molecule has 12 heteroatoms. The predicted octanol–water partition coefficient (Wildman–Crippen LogP) is 3.39. The highest BCUT2D eigenvalue weighted by molar-refractivity contribution is 7.89. The van der Waals surface area contributed by atoms with Gasteiger partial charge in [0.2, 0.25) is 0 Å². The summed E-state index contributed by atoms with van der Waals surface area (Å²) in [6.07, 6.45) is -0.477. The maximum absolute atomic E-state index is 13.7. The molecular weight excluding hydrogens is 435 g/mol. The van der Waals surface area contributed by atoms with Gasteiger partial charge in [0.15, 0.2) is 17.2 Å². The lowest BCUT2D eigenvalue weighted by Gasteiger charge is -2.16. The van der Waals surface area contributed by atoms with Crippen molar-refractivity contribution < 1.29 is 26.4 Å². The van der Waals surface area contributed by atoms with Gasteiger partial charge in [0.25, 0.3) is 10.0 Å². The van der Waals surface area contributed by atoms with Gasteiger partial charge in [-0.25, -0.2) is 17.9 Å². The molecule has 2 aromatic carbocycles. The molecule has 0 bridgehead atoms. The van der Waals surface area contributed by atoms with E-state index in [-0.39, 0.29) is 33.2 Å². The molecule has 0 aliphatic rings. The fraction of sp³-hybridized carbons (Fsp3) is 0.105. The van der Waals surface area contributed by atoms with E-state index >= 15 is 0 Å². The normalized spacial score (nSPS) is 12.3. The molecule has 4 aromatic rings. The summed E-state index contributed by atoms with van der Waals surface area (Å²) in [7, 11) is -4.05. The van der Waals surface area contributed by atoms with E-state index in [1.54, 1.807) is 6.07 Å². The van der Waals surface area contributed by atoms with E-state index in [1.165, 1.54) is 54.3 Å². The summed E-state index contributed by atoms with van der Waals surface area (Å²) in [5.41, 5.74) is -1.05. The Bertz CT molecular complexity index is 1320. The first kappa shape index (κ1) is 20.8. The largest absolute Gasteiger partial charge is 0.417 e. The zero-order valence-electron chi connectivity index (χ0n) is 15.8. The minimum atomic E-state index is -4.70. The number of rotatable bonds is 5. The second kappa shape index (κ2) is 7.63. The molecule has 0 unspecified atom stereocenters. The minimum absolute atomic E-state index is 0.00875. The smallest absolute Gasteiger partial charge is 0.393 e. The molecule has 8 nitrogen and oxygen atoms in total. The van der Waals surface area contributed by atoms with Crippen molar-refractivity contribution in [3.63, 3.8) is 0 Å². The fourth-order valence-electron chi connectivity index (χ4n) is 2.93. The number of alkyl halides is 3. The molecule has 160 valence electrons. The first-order valence-corrected chi connectivity index (χ1v) is 10.3. The standard InChI is InChI=1S/C19H14F3N5O3S/c1-12-15(30-26-31(28,29)13-5-3-2-4-6-13)8-7-14(19(20,21)22)17(12)18-24-16-11-23-9-10-27(16)25-18/h2-11,26H,1H3. The molecule has 31 heavy (non-hydrogen) atoms. The molecule has 2 aromatic heterocycles. The molecule has 0 atom stereocenters. The number of aromatic nitrogens is 4. The lowest BCUT2D eigenvalue weighted by atomic mass is 10.00. The first-order chi connectivity index (χ1) is 14.7. The van der Waals surface area contributed by atoms with Gasteiger partial charge in [-0.15, -0.1) is 5.10 Å². The average molecular weight is 449 g/mol. The van der Waals surface area contributed by atoms with Crippen LogP contribution >= 0.6 is 0 Å². The van der Waals surface area contributed by atoms with Crippen molar-refractivity contribution in [2.24, 2.45) is 0 Å². The zero-order valence-corrected chi connectivity index (χ0v) is 16.6. The summed E-state index contributed by atoms with van der Waals surface area (Å²) in [6.45, 7) is 1.36. The van der Waals surface area contributed by atoms with E-state index in [2.05, 4.69) is 15.1 Å². The molecule has 1 N–H and O–H groups in total. The van der Waals surface area contributed by atoms with E-state index in [1.807, 2.05) is 4.89 Å². The van der Waals surface area contributed by atoms with Crippen LogP contribution < -0.4 is 9.72 Å². The van der Waals surface area contributed by atoms with Gasteiger partial charge < -0.3 is 4.84 Å². The number of nitrogens with one attached hydrogen (secondary N) is 1. The van der Waals surface area contributed by atoms with Crippen LogP contribution in [0.1, 0.15) is 11.1 Å². The van der Waals surface area contributed by atoms with Crippen LogP contribution in [0.3, 0.4) is 0 Å². The molecular formula is C19H14F3N5O3S. The van der Waals surface area contributed by atoms with E-state index in [4.69, 9.17) is 4.84 Å². The van der Waals surface area contributed by atoms with Gasteiger partial charge in [0.1, 0.15) is 0 Å². The van der Waals surface area contributed by atoms with Crippen molar-refractivity contribution in [2.75, 3.05) is 0 Å². The lowest BCUT2D eigenvalue weighted by molar-refractivity contribution is -0.137. The quantitative estimate of drug-likeness (QED) is 0.469. The van der Waals surface area contributed by atoms with Crippen molar-refractivity contribution in [1.29, 1.82) is 0 Å². The van der Waals surface area contributed by atoms with Crippen LogP contribution in [0.2, 0.25) is 0 Å². The number of hydrogen-bond donors (Lipinski definition) is 1. The van der Waals surface area contributed by atoms with Crippen LogP contribution in [0, 0.1) is 6.92 Å². The number of halogens is 3. The molecule has 0 fully saturated rings. The average Bonchev–Trinajstić information content (AvgIpc) is 3.16. The molecule has 0 spiro atoms. The van der Waals surface area contributed by atoms with Gasteiger partial charge in [0.05, 0.1) is 16.7 Å². The molecule has 0 radical (unpaired) electrons. The molecule has 0 aliphatic carbocycles. The van der Waals surface area contributed by atoms with Crippen molar-refractivity contribution in [2.45, 2.75) is 18.0 Å². The summed E-state index contributed by atoms with van der Waals surface area (Å²) in [5.74, 6) is -0.325. The van der Waals surface area contributed by atoms with Crippen LogP contribution in [0.25, 0.3) is 17.0 Å². The van der Waals surface area contributed by atoms with Crippen molar-refractivity contribution in [3.8, 4) is 17.1 Å². The molecule has 0 aliphatic heterocycles. The van der Waals surface area contributed by atoms with E-state index in [0.29, 0.717) is 0 Å². The Morgan fingerprint density at radius 1 is 1.10 bits per heavy atom. The molecule has 4 rings (SSSR count). The number of fused-ring (bicyclic) bond motifs is 1. The highest BCUT2D eigenvalue weighted by atomic mass is 32.2. The Balaban J connectivity index is 1.76. The van der Waals surface area contributed by atoms with Gasteiger partial charge in [-0.1, -0.05) is 18.2 Å². The number of hydrogen-bond acceptors (Lipinski definition) is 6. The molecule has 0 saturated carbocycles. The number of nitrogens with zero attached hydrogens (tertiary/aromatic N) is 4. The topological polar surface area (TPSA) is 98.5 Å². The Morgan fingerprint density at radius 2 is 1.84 bits per heavy atom. The highest BCUT2D eigenvalue weighted by Crippen LogP contribution is 2.40. The van der Waals surface area contributed by atoms with Gasteiger partial charge in [-0.05, 0) is 36.1 Å². The monoisotopic (exact) mass is 449 g/mol. The van der Waals surface area contributed by atoms with Gasteiger partial charge >= 0.3 is 6.18 Å². The van der Waals surface area contributed by atoms with Gasteiger partial charge in [-0.2, -0.15) is 13.2 Å². The van der Waals surface area contributed by atoms with E-state index in [0.717, 1.165) is 12.1 Å². The number of sulfonamides is 1. The maximum atomic E-state index is 13.7. The Morgan fingerprint density at radius 3 is 2.52 bits per heavy atom. The Labute approximate surface area is 174 Å². The summed E-state index contributed by atoms with van der Waals surface area (Å²) in [5, 5.41) is 4.09. The van der Waals surface area contributed by atoms with E-state index in [9.17, 15) is 21.6 Å². The van der Waals surface area contributed by atoms with Crippen LogP contribution in [-0.4, -0.2) is 28.0 Å². The lowest BCUT2D eigenvalue weighted by Crippen LogP contribution is -2.27. The fourth-order valence-corrected chi connectivity index (χ4v) is 3.74. The molecule has 0 saturated heterocycles. The number of benzene rings is 2. The zero-order chi connectivity index (χ0) is 22.2. The van der Waals surface area contributed by atoms with Crippen molar-refractivity contribution >= 4 is 15.7 Å². The van der Waals surface area contributed by atoms with Crippen LogP contribution in [0.4, 0.5) is 13.2 Å². The second-order valence-electron chi connectivity index (χ2n) is 6.43. The van der Waals surface area contributed by atoms with E-state index < -0.39 is 21.8 Å². The highest BCUT2D eigenvalue weighted by Gasteiger charge is 2.36. The first-order valence-electron chi connectivity index (χ1n) is 8.78. The summed E-state index contributed by atoms with van der Waals surface area (Å²) in [6, 6.07) is 9.23. The van der Waals surface area contributed by atoms with Crippen LogP contribution in [-0.2, 0) is 16.2 Å². The third-order valence-corrected chi connectivity index (χ3v) is 5.60. The van der Waals surface area contributed by atoms with Gasteiger partial charge in [0, 0.05) is 23.5 Å². The molecule has 0 amide bonds. The maximum Gasteiger partial charge on any atom is 0.417 e. The van der Waals surface area contributed by atoms with Crippen LogP contribution in [0.5, 0.6) is 5.75 Å². The summed E-state index contributed by atoms with van der Waals surface area (Å²) >= 11 is 0. The Hall–Kier alpha value is -3.51. The summed E-state index contributed by atoms with van der Waals surface area (Å²) in [4.78, 5) is 15.0. The van der Waals surface area contributed by atoms with Crippen molar-refractivity contribution in [1.82, 2.24) is 24.5 Å². The van der Waals surface area contributed by atoms with Crippen LogP contribution in [0.15, 0.2) is 66.0 Å². The Kier molecular flexibility index (Phi) is 5.11. The van der Waals surface area contributed by atoms with Gasteiger partial charge in [-0.3, -0.25) is 4.98 Å². The summed E-state index contributed by atoms with van der Waals surface area (Å²) < 4.78 is 67.0.